The Hall–Kier alpha value is -3.28. The second-order valence-corrected chi connectivity index (χ2v) is 11.6. The average Bonchev–Trinajstić information content (AvgIpc) is 2.90. The van der Waals surface area contributed by atoms with E-state index in [1.54, 1.807) is 36.4 Å². The van der Waals surface area contributed by atoms with Crippen molar-refractivity contribution in [3.8, 4) is 0 Å². The average molecular weight is 616 g/mol. The number of likely N-dealkylation sites (N-methyl/N-ethyl adjacent to an activating group) is 1. The van der Waals surface area contributed by atoms with E-state index in [9.17, 15) is 31.2 Å². The standard InChI is InChI=1S/C27H26Cl2F3N3O4S/c1-33-26(37)24(14-18-7-4-3-5-8-18)34(16-19-11-12-22(28)23(29)13-19)25(36)17-35(40(2,38)39)21-10-6-9-20(15-21)27(30,31)32/h3-13,15,24H,14,16-17H2,1-2H3,(H,33,37). The maximum Gasteiger partial charge on any atom is 0.416 e. The fraction of sp³-hybridized carbons (Fsp3) is 0.259. The lowest BCUT2D eigenvalue weighted by Gasteiger charge is -2.33. The van der Waals surface area contributed by atoms with Crippen LogP contribution in [-0.2, 0) is 38.8 Å². The maximum absolute atomic E-state index is 13.8. The summed E-state index contributed by atoms with van der Waals surface area (Å²) < 4.78 is 66.1. The predicted molar refractivity (Wildman–Crippen MR) is 149 cm³/mol. The number of carbonyl (C=O) groups is 2. The van der Waals surface area contributed by atoms with Crippen molar-refractivity contribution in [1.29, 1.82) is 0 Å². The molecule has 0 fully saturated rings. The second-order valence-electron chi connectivity index (χ2n) is 8.91. The van der Waals surface area contributed by atoms with Gasteiger partial charge in [0.1, 0.15) is 12.6 Å². The van der Waals surface area contributed by atoms with Crippen molar-refractivity contribution < 1.29 is 31.2 Å². The van der Waals surface area contributed by atoms with Crippen LogP contribution in [0.3, 0.4) is 0 Å². The lowest BCUT2D eigenvalue weighted by atomic mass is 10.0. The molecule has 1 unspecified atom stereocenters. The smallest absolute Gasteiger partial charge is 0.357 e. The van der Waals surface area contributed by atoms with Crippen LogP contribution in [-0.4, -0.2) is 51.0 Å². The van der Waals surface area contributed by atoms with Crippen LogP contribution in [0.15, 0.2) is 72.8 Å². The number of carbonyl (C=O) groups excluding carboxylic acids is 2. The van der Waals surface area contributed by atoms with E-state index < -0.39 is 46.2 Å². The third-order valence-electron chi connectivity index (χ3n) is 6.00. The molecule has 0 saturated carbocycles. The fourth-order valence-electron chi connectivity index (χ4n) is 4.01. The van der Waals surface area contributed by atoms with Crippen molar-refractivity contribution in [3.05, 3.63) is 99.5 Å². The van der Waals surface area contributed by atoms with Crippen molar-refractivity contribution in [3.63, 3.8) is 0 Å². The molecule has 3 aromatic rings. The van der Waals surface area contributed by atoms with Crippen LogP contribution in [0.1, 0.15) is 16.7 Å². The number of sulfonamides is 1. The summed E-state index contributed by atoms with van der Waals surface area (Å²) in [7, 11) is -2.83. The van der Waals surface area contributed by atoms with E-state index in [0.29, 0.717) is 15.9 Å². The molecule has 0 spiro atoms. The molecule has 0 aromatic heterocycles. The number of hydrogen-bond donors (Lipinski definition) is 1. The van der Waals surface area contributed by atoms with Gasteiger partial charge in [0.2, 0.25) is 21.8 Å². The van der Waals surface area contributed by atoms with Gasteiger partial charge in [-0.2, -0.15) is 13.2 Å². The van der Waals surface area contributed by atoms with Gasteiger partial charge in [0.05, 0.1) is 27.6 Å². The number of nitrogens with zero attached hydrogens (tertiary/aromatic N) is 2. The minimum atomic E-state index is -4.73. The van der Waals surface area contributed by atoms with Gasteiger partial charge in [-0.25, -0.2) is 8.42 Å². The monoisotopic (exact) mass is 615 g/mol. The summed E-state index contributed by atoms with van der Waals surface area (Å²) in [5.41, 5.74) is -0.207. The van der Waals surface area contributed by atoms with E-state index in [2.05, 4.69) is 5.32 Å². The van der Waals surface area contributed by atoms with Crippen molar-refractivity contribution in [2.45, 2.75) is 25.2 Å². The molecule has 2 amide bonds. The van der Waals surface area contributed by atoms with Gasteiger partial charge in [0, 0.05) is 20.0 Å². The molecular formula is C27H26Cl2F3N3O4S. The van der Waals surface area contributed by atoms with E-state index in [-0.39, 0.29) is 28.7 Å². The van der Waals surface area contributed by atoms with E-state index in [4.69, 9.17) is 23.2 Å². The topological polar surface area (TPSA) is 86.8 Å². The molecule has 13 heteroatoms. The first-order valence-electron chi connectivity index (χ1n) is 11.8. The predicted octanol–water partition coefficient (Wildman–Crippen LogP) is 5.16. The molecule has 0 aliphatic rings. The summed E-state index contributed by atoms with van der Waals surface area (Å²) >= 11 is 12.2. The van der Waals surface area contributed by atoms with Crippen LogP contribution in [0.25, 0.3) is 0 Å². The molecule has 0 aliphatic carbocycles. The highest BCUT2D eigenvalue weighted by Gasteiger charge is 2.34. The summed E-state index contributed by atoms with van der Waals surface area (Å²) in [6.07, 6.45) is -3.87. The number of benzene rings is 3. The number of anilines is 1. The second kappa shape index (κ2) is 12.9. The molecule has 1 N–H and O–H groups in total. The van der Waals surface area contributed by atoms with Crippen LogP contribution in [0, 0.1) is 0 Å². The van der Waals surface area contributed by atoms with Gasteiger partial charge in [0.25, 0.3) is 0 Å². The molecule has 0 aliphatic heterocycles. The molecule has 0 bridgehead atoms. The summed E-state index contributed by atoms with van der Waals surface area (Å²) in [6.45, 7) is -1.02. The summed E-state index contributed by atoms with van der Waals surface area (Å²) in [5.74, 6) is -1.35. The van der Waals surface area contributed by atoms with Gasteiger partial charge in [-0.05, 0) is 41.5 Å². The van der Waals surface area contributed by atoms with E-state index in [1.165, 1.54) is 24.1 Å². The summed E-state index contributed by atoms with van der Waals surface area (Å²) in [4.78, 5) is 28.1. The first kappa shape index (κ1) is 31.3. The minimum absolute atomic E-state index is 0.0794. The highest BCUT2D eigenvalue weighted by molar-refractivity contribution is 7.92. The van der Waals surface area contributed by atoms with E-state index in [0.717, 1.165) is 30.0 Å². The molecule has 3 rings (SSSR count). The van der Waals surface area contributed by atoms with Gasteiger partial charge in [-0.3, -0.25) is 13.9 Å². The largest absolute Gasteiger partial charge is 0.416 e. The normalized spacial score (nSPS) is 12.5. The van der Waals surface area contributed by atoms with E-state index in [1.807, 2.05) is 0 Å². The Morgan fingerprint density at radius 2 is 1.60 bits per heavy atom. The summed E-state index contributed by atoms with van der Waals surface area (Å²) in [5, 5.41) is 3.00. The third-order valence-corrected chi connectivity index (χ3v) is 7.87. The number of nitrogens with one attached hydrogen (secondary N) is 1. The van der Waals surface area contributed by atoms with Gasteiger partial charge < -0.3 is 10.2 Å². The van der Waals surface area contributed by atoms with Crippen LogP contribution in [0.5, 0.6) is 0 Å². The zero-order chi connectivity index (χ0) is 29.7. The molecule has 1 atom stereocenters. The Balaban J connectivity index is 2.07. The van der Waals surface area contributed by atoms with Crippen LogP contribution >= 0.6 is 23.2 Å². The SMILES string of the molecule is CNC(=O)C(Cc1ccccc1)N(Cc1ccc(Cl)c(Cl)c1)C(=O)CN(c1cccc(C(F)(F)F)c1)S(C)(=O)=O. The van der Waals surface area contributed by atoms with Crippen molar-refractivity contribution >= 4 is 50.7 Å². The zero-order valence-corrected chi connectivity index (χ0v) is 23.8. The fourth-order valence-corrected chi connectivity index (χ4v) is 5.17. The maximum atomic E-state index is 13.8. The van der Waals surface area contributed by atoms with Gasteiger partial charge in [-0.15, -0.1) is 0 Å². The highest BCUT2D eigenvalue weighted by atomic mass is 35.5. The molecular weight excluding hydrogens is 590 g/mol. The zero-order valence-electron chi connectivity index (χ0n) is 21.5. The molecule has 0 saturated heterocycles. The molecule has 214 valence electrons. The molecule has 0 radical (unpaired) electrons. The Morgan fingerprint density at radius 1 is 0.925 bits per heavy atom. The first-order chi connectivity index (χ1) is 18.7. The number of alkyl halides is 3. The van der Waals surface area contributed by atoms with Crippen molar-refractivity contribution in [2.24, 2.45) is 0 Å². The van der Waals surface area contributed by atoms with Crippen molar-refractivity contribution in [2.75, 3.05) is 24.2 Å². The van der Waals surface area contributed by atoms with Crippen LogP contribution < -0.4 is 9.62 Å². The number of amides is 2. The molecule has 0 heterocycles. The lowest BCUT2D eigenvalue weighted by Crippen LogP contribution is -2.52. The van der Waals surface area contributed by atoms with Crippen LogP contribution in [0.2, 0.25) is 10.0 Å². The Morgan fingerprint density at radius 3 is 2.17 bits per heavy atom. The highest BCUT2D eigenvalue weighted by Crippen LogP contribution is 2.32. The number of halogens is 5. The number of hydrogen-bond acceptors (Lipinski definition) is 4. The van der Waals surface area contributed by atoms with E-state index >= 15 is 0 Å². The molecule has 7 nitrogen and oxygen atoms in total. The minimum Gasteiger partial charge on any atom is -0.357 e. The summed E-state index contributed by atoms with van der Waals surface area (Å²) in [6, 6.07) is 16.0. The Labute approximate surface area is 240 Å². The lowest BCUT2D eigenvalue weighted by molar-refractivity contribution is -0.139. The Bertz CT molecular complexity index is 1470. The molecule has 40 heavy (non-hydrogen) atoms. The van der Waals surface area contributed by atoms with Crippen LogP contribution in [0.4, 0.5) is 18.9 Å². The molecule has 3 aromatic carbocycles. The van der Waals surface area contributed by atoms with Gasteiger partial charge >= 0.3 is 6.18 Å². The van der Waals surface area contributed by atoms with Gasteiger partial charge in [0.15, 0.2) is 0 Å². The van der Waals surface area contributed by atoms with Crippen molar-refractivity contribution in [1.82, 2.24) is 10.2 Å². The number of rotatable bonds is 10. The van der Waals surface area contributed by atoms with Gasteiger partial charge in [-0.1, -0.05) is 65.7 Å². The Kier molecular flexibility index (Phi) is 10.1. The quantitative estimate of drug-likeness (QED) is 0.341. The first-order valence-corrected chi connectivity index (χ1v) is 14.4. The third kappa shape index (κ3) is 8.12.